The number of nitrogens with one attached hydrogen (secondary N) is 1. The van der Waals surface area contributed by atoms with E-state index in [2.05, 4.69) is 5.32 Å². The van der Waals surface area contributed by atoms with E-state index >= 15 is 0 Å². The average molecular weight is 493 g/mol. The second-order valence-corrected chi connectivity index (χ2v) is 11.0. The van der Waals surface area contributed by atoms with E-state index in [9.17, 15) is 13.2 Å². The summed E-state index contributed by atoms with van der Waals surface area (Å²) >= 11 is 0. The summed E-state index contributed by atoms with van der Waals surface area (Å²) < 4.78 is 41.3. The number of hydrogen-bond acceptors (Lipinski definition) is 5. The maximum atomic E-state index is 13.8. The third kappa shape index (κ3) is 4.76. The van der Waals surface area contributed by atoms with E-state index in [1.54, 1.807) is 18.2 Å². The first-order valence-electron chi connectivity index (χ1n) is 11.8. The lowest BCUT2D eigenvalue weighted by Crippen LogP contribution is -2.32. The fourth-order valence-electron chi connectivity index (χ4n) is 4.38. The molecule has 1 amide bonds. The molecule has 0 radical (unpaired) electrons. The van der Waals surface area contributed by atoms with Crippen LogP contribution in [0.2, 0.25) is 0 Å². The van der Waals surface area contributed by atoms with Crippen molar-refractivity contribution in [1.82, 2.24) is 4.31 Å². The standard InChI is InChI=1S/C27H28N2O5S/c1-18-7-10-20(11-8-18)33-25-17-24-21(27(30)28-22-15-19(2)9-12-23(22)34-24)16-26(25)35(31,32)29-13-5-3-4-6-14-29/h7-12,15-17H,3-6,13-14H2,1-2H3,(H,28,30). The summed E-state index contributed by atoms with van der Waals surface area (Å²) in [4.78, 5) is 13.1. The first kappa shape index (κ1) is 23.4. The summed E-state index contributed by atoms with van der Waals surface area (Å²) in [6, 6.07) is 15.7. The zero-order valence-electron chi connectivity index (χ0n) is 19.8. The fourth-order valence-corrected chi connectivity index (χ4v) is 6.02. The number of rotatable bonds is 4. The maximum Gasteiger partial charge on any atom is 0.259 e. The lowest BCUT2D eigenvalue weighted by Gasteiger charge is -2.22. The van der Waals surface area contributed by atoms with Crippen LogP contribution in [0.4, 0.5) is 5.69 Å². The van der Waals surface area contributed by atoms with Crippen molar-refractivity contribution < 1.29 is 22.7 Å². The first-order chi connectivity index (χ1) is 16.8. The molecule has 0 aromatic heterocycles. The Labute approximate surface area is 205 Å². The molecule has 2 heterocycles. The van der Waals surface area contributed by atoms with Gasteiger partial charge >= 0.3 is 0 Å². The molecule has 0 bridgehead atoms. The van der Waals surface area contributed by atoms with Crippen LogP contribution >= 0.6 is 0 Å². The van der Waals surface area contributed by atoms with Gasteiger partial charge in [-0.25, -0.2) is 8.42 Å². The van der Waals surface area contributed by atoms with Gasteiger partial charge in [0.25, 0.3) is 5.91 Å². The second-order valence-electron chi connectivity index (χ2n) is 9.08. The van der Waals surface area contributed by atoms with Gasteiger partial charge in [0.1, 0.15) is 16.4 Å². The topological polar surface area (TPSA) is 84.9 Å². The SMILES string of the molecule is Cc1ccc(Oc2cc3c(cc2S(=O)(=O)N2CCCCCC2)C(=O)Nc2cc(C)ccc2O3)cc1. The summed E-state index contributed by atoms with van der Waals surface area (Å²) in [5.41, 5.74) is 2.70. The van der Waals surface area contributed by atoms with Crippen LogP contribution in [-0.2, 0) is 10.0 Å². The smallest absolute Gasteiger partial charge is 0.259 e. The summed E-state index contributed by atoms with van der Waals surface area (Å²) in [6.45, 7) is 4.77. The highest BCUT2D eigenvalue weighted by molar-refractivity contribution is 7.89. The van der Waals surface area contributed by atoms with Crippen LogP contribution in [0.1, 0.15) is 47.2 Å². The van der Waals surface area contributed by atoms with Crippen molar-refractivity contribution in [3.05, 3.63) is 71.3 Å². The summed E-state index contributed by atoms with van der Waals surface area (Å²) in [7, 11) is -3.91. The fraction of sp³-hybridized carbons (Fsp3) is 0.296. The molecule has 0 spiro atoms. The summed E-state index contributed by atoms with van der Waals surface area (Å²) in [5, 5.41) is 2.85. The van der Waals surface area contributed by atoms with E-state index in [0.29, 0.717) is 30.3 Å². The minimum atomic E-state index is -3.91. The highest BCUT2D eigenvalue weighted by Gasteiger charge is 2.32. The Morgan fingerprint density at radius 1 is 0.857 bits per heavy atom. The maximum absolute atomic E-state index is 13.8. The molecule has 0 unspecified atom stereocenters. The molecule has 1 N–H and O–H groups in total. The third-order valence-corrected chi connectivity index (χ3v) is 8.25. The third-order valence-electron chi connectivity index (χ3n) is 6.33. The van der Waals surface area contributed by atoms with Crippen LogP contribution in [0.3, 0.4) is 0 Å². The van der Waals surface area contributed by atoms with E-state index in [-0.39, 0.29) is 22.0 Å². The van der Waals surface area contributed by atoms with Crippen LogP contribution in [0.25, 0.3) is 0 Å². The number of nitrogens with zero attached hydrogens (tertiary/aromatic N) is 1. The predicted octanol–water partition coefficient (Wildman–Crippen LogP) is 6.02. The number of carbonyl (C=O) groups excluding carboxylic acids is 1. The largest absolute Gasteiger partial charge is 0.456 e. The summed E-state index contributed by atoms with van der Waals surface area (Å²) in [6.07, 6.45) is 3.60. The van der Waals surface area contributed by atoms with Gasteiger partial charge in [-0.1, -0.05) is 36.6 Å². The van der Waals surface area contributed by atoms with E-state index in [0.717, 1.165) is 36.8 Å². The van der Waals surface area contributed by atoms with E-state index in [1.165, 1.54) is 16.4 Å². The monoisotopic (exact) mass is 492 g/mol. The highest BCUT2D eigenvalue weighted by Crippen LogP contribution is 2.42. The molecule has 7 nitrogen and oxygen atoms in total. The quantitative estimate of drug-likeness (QED) is 0.481. The molecule has 2 aliphatic rings. The highest BCUT2D eigenvalue weighted by atomic mass is 32.2. The van der Waals surface area contributed by atoms with Crippen molar-refractivity contribution in [2.75, 3.05) is 18.4 Å². The molecule has 5 rings (SSSR count). The zero-order chi connectivity index (χ0) is 24.6. The Bertz CT molecular complexity index is 1380. The van der Waals surface area contributed by atoms with Gasteiger partial charge in [-0.3, -0.25) is 4.79 Å². The van der Waals surface area contributed by atoms with Crippen molar-refractivity contribution in [2.45, 2.75) is 44.4 Å². The molecule has 3 aromatic carbocycles. The van der Waals surface area contributed by atoms with Crippen LogP contribution in [0.15, 0.2) is 59.5 Å². The van der Waals surface area contributed by atoms with Gasteiger partial charge < -0.3 is 14.8 Å². The number of carbonyl (C=O) groups is 1. The minimum absolute atomic E-state index is 0.0420. The number of aryl methyl sites for hydroxylation is 2. The van der Waals surface area contributed by atoms with E-state index in [4.69, 9.17) is 9.47 Å². The van der Waals surface area contributed by atoms with Crippen LogP contribution in [0, 0.1) is 13.8 Å². The van der Waals surface area contributed by atoms with Gasteiger partial charge in [-0.05, 0) is 62.6 Å². The number of benzene rings is 3. The van der Waals surface area contributed by atoms with Crippen molar-refractivity contribution in [3.8, 4) is 23.0 Å². The molecule has 0 saturated carbocycles. The van der Waals surface area contributed by atoms with Gasteiger partial charge in [0.05, 0.1) is 11.3 Å². The lowest BCUT2D eigenvalue weighted by atomic mass is 10.1. The molecule has 3 aromatic rings. The number of anilines is 1. The number of amides is 1. The van der Waals surface area contributed by atoms with E-state index in [1.807, 2.05) is 38.1 Å². The molecule has 182 valence electrons. The minimum Gasteiger partial charge on any atom is -0.456 e. The van der Waals surface area contributed by atoms with Crippen molar-refractivity contribution in [3.63, 3.8) is 0 Å². The lowest BCUT2D eigenvalue weighted by molar-refractivity contribution is 0.102. The number of hydrogen-bond donors (Lipinski definition) is 1. The normalized spacial score (nSPS) is 16.2. The molecule has 2 aliphatic heterocycles. The Balaban J connectivity index is 1.64. The molecule has 8 heteroatoms. The van der Waals surface area contributed by atoms with Crippen molar-refractivity contribution in [2.24, 2.45) is 0 Å². The Morgan fingerprint density at radius 2 is 1.54 bits per heavy atom. The van der Waals surface area contributed by atoms with Crippen LogP contribution in [-0.4, -0.2) is 31.7 Å². The van der Waals surface area contributed by atoms with Gasteiger partial charge in [0, 0.05) is 19.2 Å². The Hall–Kier alpha value is -3.36. The van der Waals surface area contributed by atoms with E-state index < -0.39 is 15.9 Å². The number of sulfonamides is 1. The Morgan fingerprint density at radius 3 is 2.26 bits per heavy atom. The first-order valence-corrected chi connectivity index (χ1v) is 13.3. The van der Waals surface area contributed by atoms with Gasteiger partial charge in [0.15, 0.2) is 11.5 Å². The number of ether oxygens (including phenoxy) is 2. The van der Waals surface area contributed by atoms with Gasteiger partial charge in [0.2, 0.25) is 10.0 Å². The average Bonchev–Trinajstić information content (AvgIpc) is 3.18. The molecule has 0 atom stereocenters. The van der Waals surface area contributed by atoms with Crippen LogP contribution < -0.4 is 14.8 Å². The Kier molecular flexibility index (Phi) is 6.25. The molecule has 1 saturated heterocycles. The summed E-state index contributed by atoms with van der Waals surface area (Å²) in [5.74, 6) is 0.907. The molecular formula is C27H28N2O5S. The molecular weight excluding hydrogens is 464 g/mol. The second kappa shape index (κ2) is 9.36. The van der Waals surface area contributed by atoms with Crippen LogP contribution in [0.5, 0.6) is 23.0 Å². The molecule has 1 fully saturated rings. The van der Waals surface area contributed by atoms with Crippen molar-refractivity contribution >= 4 is 21.6 Å². The predicted molar refractivity (Wildman–Crippen MR) is 134 cm³/mol. The van der Waals surface area contributed by atoms with Crippen molar-refractivity contribution in [1.29, 1.82) is 0 Å². The number of fused-ring (bicyclic) bond motifs is 2. The van der Waals surface area contributed by atoms with Gasteiger partial charge in [-0.15, -0.1) is 0 Å². The van der Waals surface area contributed by atoms with Gasteiger partial charge in [-0.2, -0.15) is 4.31 Å². The molecule has 0 aliphatic carbocycles. The zero-order valence-corrected chi connectivity index (χ0v) is 20.7. The molecule has 35 heavy (non-hydrogen) atoms.